The lowest BCUT2D eigenvalue weighted by Crippen LogP contribution is -2.09. The van der Waals surface area contributed by atoms with Gasteiger partial charge < -0.3 is 15.8 Å². The topological polar surface area (TPSA) is 79.1 Å². The zero-order valence-electron chi connectivity index (χ0n) is 5.84. The molecule has 0 fully saturated rings. The van der Waals surface area contributed by atoms with E-state index in [1.54, 1.807) is 0 Å². The van der Waals surface area contributed by atoms with Gasteiger partial charge in [-0.1, -0.05) is 0 Å². The van der Waals surface area contributed by atoms with Gasteiger partial charge in [-0.2, -0.15) is 0 Å². The van der Waals surface area contributed by atoms with Crippen LogP contribution in [0.1, 0.15) is 12.0 Å². The highest BCUT2D eigenvalue weighted by Gasteiger charge is 2.18. The van der Waals surface area contributed by atoms with Crippen LogP contribution in [0.5, 0.6) is 5.75 Å². The molecule has 1 rings (SSSR count). The van der Waals surface area contributed by atoms with E-state index in [-0.39, 0.29) is 5.69 Å². The molecule has 4 N–H and O–H groups in total. The first-order valence-electron chi connectivity index (χ1n) is 3.02. The Morgan fingerprint density at radius 2 is 2.17 bits per heavy atom. The van der Waals surface area contributed by atoms with Crippen molar-refractivity contribution in [1.29, 1.82) is 0 Å². The lowest BCUT2D eigenvalue weighted by molar-refractivity contribution is 0.148. The zero-order valence-corrected chi connectivity index (χ0v) is 5.84. The summed E-state index contributed by atoms with van der Waals surface area (Å²) in [4.78, 5) is 12.6. The molecule has 0 saturated heterocycles. The van der Waals surface area contributed by atoms with E-state index >= 15 is 0 Å². The van der Waals surface area contributed by atoms with Crippen molar-refractivity contribution in [2.75, 3.05) is 5.73 Å². The molecule has 0 aliphatic heterocycles. The second-order valence-electron chi connectivity index (χ2n) is 2.14. The molecule has 66 valence electrons. The summed E-state index contributed by atoms with van der Waals surface area (Å²) in [5.41, 5.74) is 2.96. The van der Waals surface area contributed by atoms with E-state index in [0.29, 0.717) is 0 Å². The van der Waals surface area contributed by atoms with Crippen molar-refractivity contribution in [3.8, 4) is 5.75 Å². The van der Waals surface area contributed by atoms with Crippen molar-refractivity contribution in [2.24, 2.45) is 0 Å². The monoisotopic (exact) mass is 176 g/mol. The second kappa shape index (κ2) is 2.80. The molecule has 1 aromatic heterocycles. The van der Waals surface area contributed by atoms with Crippen LogP contribution in [-0.4, -0.2) is 10.1 Å². The molecule has 6 heteroatoms. The minimum Gasteiger partial charge on any atom is -0.503 e. The van der Waals surface area contributed by atoms with Gasteiger partial charge in [0, 0.05) is 6.20 Å². The molecule has 0 unspecified atom stereocenters. The number of alkyl halides is 2. The Bertz CT molecular complexity index is 348. The number of aromatic nitrogens is 1. The fraction of sp³-hybridized carbons (Fsp3) is 0.167. The zero-order chi connectivity index (χ0) is 9.30. The number of hydrogen-bond acceptors (Lipinski definition) is 3. The predicted molar refractivity (Wildman–Crippen MR) is 38.1 cm³/mol. The molecule has 0 bridgehead atoms. The van der Waals surface area contributed by atoms with Gasteiger partial charge in [-0.3, -0.25) is 4.79 Å². The van der Waals surface area contributed by atoms with E-state index in [1.165, 1.54) is 0 Å². The first-order chi connectivity index (χ1) is 5.54. The quantitative estimate of drug-likeness (QED) is 0.586. The summed E-state index contributed by atoms with van der Waals surface area (Å²) >= 11 is 0. The molecule has 0 aliphatic rings. The van der Waals surface area contributed by atoms with Crippen LogP contribution < -0.4 is 11.3 Å². The third-order valence-corrected chi connectivity index (χ3v) is 1.36. The smallest absolute Gasteiger partial charge is 0.290 e. The van der Waals surface area contributed by atoms with Crippen LogP contribution in [-0.2, 0) is 0 Å². The van der Waals surface area contributed by atoms with Gasteiger partial charge in [0.25, 0.3) is 12.0 Å². The summed E-state index contributed by atoms with van der Waals surface area (Å²) in [6, 6.07) is 0. The fourth-order valence-corrected chi connectivity index (χ4v) is 0.778. The Kier molecular flexibility index (Phi) is 1.99. The van der Waals surface area contributed by atoms with Crippen LogP contribution >= 0.6 is 0 Å². The first-order valence-corrected chi connectivity index (χ1v) is 3.02. The van der Waals surface area contributed by atoms with Crippen molar-refractivity contribution in [3.05, 3.63) is 22.1 Å². The average Bonchev–Trinajstić information content (AvgIpc) is 1.97. The first kappa shape index (κ1) is 8.51. The highest BCUT2D eigenvalue weighted by molar-refractivity contribution is 5.51. The van der Waals surface area contributed by atoms with E-state index < -0.39 is 23.3 Å². The van der Waals surface area contributed by atoms with E-state index in [0.717, 1.165) is 6.20 Å². The van der Waals surface area contributed by atoms with Crippen LogP contribution in [0.3, 0.4) is 0 Å². The molecule has 0 amide bonds. The van der Waals surface area contributed by atoms with E-state index in [2.05, 4.69) is 0 Å². The Labute approximate surface area is 65.6 Å². The van der Waals surface area contributed by atoms with Crippen molar-refractivity contribution >= 4 is 5.69 Å². The number of H-pyrrole nitrogens is 1. The predicted octanol–water partition coefficient (Wildman–Crippen LogP) is 0.600. The van der Waals surface area contributed by atoms with Gasteiger partial charge in [0.05, 0.1) is 11.3 Å². The van der Waals surface area contributed by atoms with Crippen LogP contribution in [0.25, 0.3) is 0 Å². The number of halogens is 2. The van der Waals surface area contributed by atoms with Gasteiger partial charge in [0.2, 0.25) is 0 Å². The van der Waals surface area contributed by atoms with Gasteiger partial charge in [-0.15, -0.1) is 0 Å². The molecule has 12 heavy (non-hydrogen) atoms. The number of rotatable bonds is 1. The second-order valence-corrected chi connectivity index (χ2v) is 2.14. The van der Waals surface area contributed by atoms with Crippen molar-refractivity contribution in [1.82, 2.24) is 4.98 Å². The average molecular weight is 176 g/mol. The molecular formula is C6H6F2N2O2. The molecule has 4 nitrogen and oxygen atoms in total. The summed E-state index contributed by atoms with van der Waals surface area (Å²) < 4.78 is 24.2. The summed E-state index contributed by atoms with van der Waals surface area (Å²) in [5.74, 6) is -1.02. The lowest BCUT2D eigenvalue weighted by atomic mass is 10.2. The van der Waals surface area contributed by atoms with Crippen molar-refractivity contribution in [3.63, 3.8) is 0 Å². The number of anilines is 1. The molecule has 0 radical (unpaired) electrons. The Morgan fingerprint density at radius 1 is 1.58 bits per heavy atom. The van der Waals surface area contributed by atoms with Gasteiger partial charge >= 0.3 is 0 Å². The number of nitrogens with two attached hydrogens (primary N) is 1. The SMILES string of the molecule is Nc1c[nH]c(=O)c(O)c1C(F)F. The largest absolute Gasteiger partial charge is 0.503 e. The highest BCUT2D eigenvalue weighted by atomic mass is 19.3. The molecule has 0 saturated carbocycles. The lowest BCUT2D eigenvalue weighted by Gasteiger charge is -2.04. The van der Waals surface area contributed by atoms with Crippen LogP contribution in [0.15, 0.2) is 11.0 Å². The van der Waals surface area contributed by atoms with Crippen molar-refractivity contribution < 1.29 is 13.9 Å². The van der Waals surface area contributed by atoms with Crippen molar-refractivity contribution in [2.45, 2.75) is 6.43 Å². The standard InChI is InChI=1S/C6H6F2N2O2/c7-5(8)3-2(9)1-10-6(12)4(3)11/h1,5,11H,9H2,(H,10,12). The maximum absolute atomic E-state index is 12.1. The normalized spacial score (nSPS) is 10.6. The molecule has 1 heterocycles. The maximum atomic E-state index is 12.1. The molecule has 0 aliphatic carbocycles. The molecular weight excluding hydrogens is 170 g/mol. The Hall–Kier alpha value is -1.59. The number of hydrogen-bond donors (Lipinski definition) is 3. The van der Waals surface area contributed by atoms with Crippen LogP contribution in [0.2, 0.25) is 0 Å². The number of pyridine rings is 1. The number of nitrogens with one attached hydrogen (secondary N) is 1. The minimum atomic E-state index is -2.95. The summed E-state index contributed by atoms with van der Waals surface area (Å²) in [5, 5.41) is 8.85. The van der Waals surface area contributed by atoms with E-state index in [1.807, 2.05) is 4.98 Å². The summed E-state index contributed by atoms with van der Waals surface area (Å²) in [6.45, 7) is 0. The van der Waals surface area contributed by atoms with Gasteiger partial charge in [0.1, 0.15) is 0 Å². The Balaban J connectivity index is 3.43. The molecule has 0 aromatic carbocycles. The minimum absolute atomic E-state index is 0.331. The summed E-state index contributed by atoms with van der Waals surface area (Å²) in [6.07, 6.45) is -2.03. The summed E-state index contributed by atoms with van der Waals surface area (Å²) in [7, 11) is 0. The number of aromatic hydroxyl groups is 1. The fourth-order valence-electron chi connectivity index (χ4n) is 0.778. The van der Waals surface area contributed by atoms with Crippen LogP contribution in [0, 0.1) is 0 Å². The number of nitrogen functional groups attached to an aromatic ring is 1. The third-order valence-electron chi connectivity index (χ3n) is 1.36. The van der Waals surface area contributed by atoms with Gasteiger partial charge in [-0.05, 0) is 0 Å². The van der Waals surface area contributed by atoms with E-state index in [4.69, 9.17) is 10.8 Å². The third kappa shape index (κ3) is 1.23. The number of aromatic amines is 1. The van der Waals surface area contributed by atoms with Crippen LogP contribution in [0.4, 0.5) is 14.5 Å². The Morgan fingerprint density at radius 3 is 2.58 bits per heavy atom. The molecule has 1 aromatic rings. The molecule has 0 spiro atoms. The highest BCUT2D eigenvalue weighted by Crippen LogP contribution is 2.29. The molecule has 0 atom stereocenters. The van der Waals surface area contributed by atoms with Gasteiger partial charge in [0.15, 0.2) is 5.75 Å². The van der Waals surface area contributed by atoms with Gasteiger partial charge in [-0.25, -0.2) is 8.78 Å². The van der Waals surface area contributed by atoms with E-state index in [9.17, 15) is 13.6 Å². The maximum Gasteiger partial charge on any atom is 0.290 e.